The quantitative estimate of drug-likeness (QED) is 0.504. The zero-order chi connectivity index (χ0) is 24.7. The number of piperazine rings is 1. The van der Waals surface area contributed by atoms with Gasteiger partial charge in [0.2, 0.25) is 5.91 Å². The second-order valence-corrected chi connectivity index (χ2v) is 10.6. The van der Waals surface area contributed by atoms with E-state index in [4.69, 9.17) is 21.1 Å². The highest BCUT2D eigenvalue weighted by Gasteiger charge is 2.32. The number of ether oxygens (including phenoxy) is 2. The Kier molecular flexibility index (Phi) is 8.93. The van der Waals surface area contributed by atoms with Crippen LogP contribution in [-0.4, -0.2) is 62.3 Å². The highest BCUT2D eigenvalue weighted by atomic mass is 35.5. The lowest BCUT2D eigenvalue weighted by Crippen LogP contribution is -2.46. The Morgan fingerprint density at radius 2 is 1.86 bits per heavy atom. The summed E-state index contributed by atoms with van der Waals surface area (Å²) < 4.78 is 11.6. The molecule has 35 heavy (non-hydrogen) atoms. The fourth-order valence-electron chi connectivity index (χ4n) is 4.88. The van der Waals surface area contributed by atoms with Crippen LogP contribution in [0.25, 0.3) is 0 Å². The van der Waals surface area contributed by atoms with Crippen molar-refractivity contribution >= 4 is 23.2 Å². The summed E-state index contributed by atoms with van der Waals surface area (Å²) in [7, 11) is 0. The molecule has 2 aliphatic heterocycles. The molecule has 2 aliphatic rings. The zero-order valence-corrected chi connectivity index (χ0v) is 21.7. The average Bonchev–Trinajstić information content (AvgIpc) is 2.85. The third kappa shape index (κ3) is 7.60. The van der Waals surface area contributed by atoms with E-state index < -0.39 is 0 Å². The van der Waals surface area contributed by atoms with Crippen LogP contribution in [0.2, 0.25) is 5.02 Å². The lowest BCUT2D eigenvalue weighted by Gasteiger charge is -2.36. The molecule has 2 aromatic carbocycles. The van der Waals surface area contributed by atoms with Crippen LogP contribution < -0.4 is 15.0 Å². The van der Waals surface area contributed by atoms with E-state index in [9.17, 15) is 4.79 Å². The number of halogens is 1. The molecule has 4 rings (SSSR count). The summed E-state index contributed by atoms with van der Waals surface area (Å²) in [5.74, 6) is 1.06. The van der Waals surface area contributed by atoms with E-state index in [0.29, 0.717) is 19.8 Å². The number of para-hydroxylation sites is 1. The van der Waals surface area contributed by atoms with Crippen molar-refractivity contribution in [3.8, 4) is 5.75 Å². The maximum Gasteiger partial charge on any atom is 0.223 e. The van der Waals surface area contributed by atoms with Gasteiger partial charge in [-0.25, -0.2) is 0 Å². The lowest BCUT2D eigenvalue weighted by atomic mass is 9.88. The fourth-order valence-corrected chi connectivity index (χ4v) is 5.13. The second-order valence-electron chi connectivity index (χ2n) is 10.1. The number of hydrogen-bond donors (Lipinski definition) is 1. The van der Waals surface area contributed by atoms with Gasteiger partial charge >= 0.3 is 0 Å². The Morgan fingerprint density at radius 1 is 1.11 bits per heavy atom. The highest BCUT2D eigenvalue weighted by Crippen LogP contribution is 2.29. The van der Waals surface area contributed by atoms with Gasteiger partial charge in [-0.05, 0) is 62.9 Å². The molecule has 2 aromatic rings. The van der Waals surface area contributed by atoms with Gasteiger partial charge in [0.25, 0.3) is 0 Å². The minimum Gasteiger partial charge on any atom is -0.494 e. The van der Waals surface area contributed by atoms with Crippen molar-refractivity contribution in [3.05, 3.63) is 59.1 Å². The van der Waals surface area contributed by atoms with E-state index in [1.807, 2.05) is 44.2 Å². The highest BCUT2D eigenvalue weighted by molar-refractivity contribution is 6.33. The van der Waals surface area contributed by atoms with Gasteiger partial charge in [0.05, 0.1) is 22.9 Å². The predicted molar refractivity (Wildman–Crippen MR) is 141 cm³/mol. The predicted octanol–water partition coefficient (Wildman–Crippen LogP) is 4.75. The van der Waals surface area contributed by atoms with Crippen molar-refractivity contribution < 1.29 is 14.3 Å². The fraction of sp³-hybridized carbons (Fsp3) is 0.536. The maximum absolute atomic E-state index is 12.4. The first kappa shape index (κ1) is 25.8. The molecule has 0 spiro atoms. The minimum atomic E-state index is -0.208. The van der Waals surface area contributed by atoms with E-state index >= 15 is 0 Å². The first-order chi connectivity index (χ1) is 16.9. The first-order valence-electron chi connectivity index (χ1n) is 12.7. The Morgan fingerprint density at radius 3 is 2.57 bits per heavy atom. The standard InChI is InChI=1S/C28H38ClN3O3/c1-28(2)20-23(12-19-35-28)27(33)30-13-5-18-34-24-10-8-22(9-11-24)21-31-14-16-32(17-15-31)26-7-4-3-6-25(26)29/h3-4,6-11,23H,5,12-21H2,1-2H3,(H,30,33). The molecule has 6 nitrogen and oxygen atoms in total. The Balaban J connectivity index is 1.12. The minimum absolute atomic E-state index is 0.0475. The number of amides is 1. The third-order valence-electron chi connectivity index (χ3n) is 6.85. The molecule has 1 amide bonds. The molecule has 1 unspecified atom stereocenters. The van der Waals surface area contributed by atoms with Crippen molar-refractivity contribution in [2.45, 2.75) is 45.3 Å². The van der Waals surface area contributed by atoms with Gasteiger partial charge in [0, 0.05) is 51.8 Å². The molecule has 1 N–H and O–H groups in total. The number of nitrogens with zero attached hydrogens (tertiary/aromatic N) is 2. The number of carbonyl (C=O) groups excluding carboxylic acids is 1. The van der Waals surface area contributed by atoms with Crippen molar-refractivity contribution in [3.63, 3.8) is 0 Å². The summed E-state index contributed by atoms with van der Waals surface area (Å²) >= 11 is 6.36. The largest absolute Gasteiger partial charge is 0.494 e. The molecular formula is C28H38ClN3O3. The molecular weight excluding hydrogens is 462 g/mol. The molecule has 2 saturated heterocycles. The van der Waals surface area contributed by atoms with E-state index in [1.54, 1.807) is 0 Å². The van der Waals surface area contributed by atoms with Gasteiger partial charge in [-0.15, -0.1) is 0 Å². The summed E-state index contributed by atoms with van der Waals surface area (Å²) in [5.41, 5.74) is 2.21. The molecule has 0 aromatic heterocycles. The normalized spacial score (nSPS) is 20.4. The van der Waals surface area contributed by atoms with Crippen LogP contribution in [0.3, 0.4) is 0 Å². The van der Waals surface area contributed by atoms with Crippen LogP contribution in [0, 0.1) is 5.92 Å². The first-order valence-corrected chi connectivity index (χ1v) is 13.1. The van der Waals surface area contributed by atoms with Crippen LogP contribution in [0.15, 0.2) is 48.5 Å². The molecule has 2 fully saturated rings. The Hall–Kier alpha value is -2.28. The van der Waals surface area contributed by atoms with Crippen LogP contribution in [0.1, 0.15) is 38.7 Å². The molecule has 0 saturated carbocycles. The van der Waals surface area contributed by atoms with Gasteiger partial charge in [-0.3, -0.25) is 9.69 Å². The number of carbonyl (C=O) groups is 1. The van der Waals surface area contributed by atoms with E-state index in [0.717, 1.165) is 68.4 Å². The average molecular weight is 500 g/mol. The zero-order valence-electron chi connectivity index (χ0n) is 21.0. The van der Waals surface area contributed by atoms with E-state index in [2.05, 4.69) is 33.3 Å². The molecule has 0 bridgehead atoms. The topological polar surface area (TPSA) is 54.0 Å². The molecule has 7 heteroatoms. The molecule has 1 atom stereocenters. The SMILES string of the molecule is CC1(C)CC(C(=O)NCCCOc2ccc(CN3CCN(c4ccccc4Cl)CC3)cc2)CCO1. The van der Waals surface area contributed by atoms with Crippen LogP contribution >= 0.6 is 11.6 Å². The van der Waals surface area contributed by atoms with Crippen molar-refractivity contribution in [2.75, 3.05) is 50.8 Å². The van der Waals surface area contributed by atoms with Crippen molar-refractivity contribution in [2.24, 2.45) is 5.92 Å². The lowest BCUT2D eigenvalue weighted by molar-refractivity contribution is -0.135. The van der Waals surface area contributed by atoms with Gasteiger partial charge in [-0.2, -0.15) is 0 Å². The van der Waals surface area contributed by atoms with Crippen molar-refractivity contribution in [1.82, 2.24) is 10.2 Å². The van der Waals surface area contributed by atoms with Crippen molar-refractivity contribution in [1.29, 1.82) is 0 Å². The monoisotopic (exact) mass is 499 g/mol. The molecule has 0 radical (unpaired) electrons. The summed E-state index contributed by atoms with van der Waals surface area (Å²) in [6.45, 7) is 10.9. The van der Waals surface area contributed by atoms with E-state index in [-0.39, 0.29) is 17.4 Å². The Labute approximate surface area is 214 Å². The summed E-state index contributed by atoms with van der Waals surface area (Å²) in [6, 6.07) is 16.4. The number of nitrogens with one attached hydrogen (secondary N) is 1. The number of benzene rings is 2. The number of rotatable bonds is 9. The smallest absolute Gasteiger partial charge is 0.223 e. The summed E-state index contributed by atoms with van der Waals surface area (Å²) in [5, 5.41) is 3.88. The summed E-state index contributed by atoms with van der Waals surface area (Å²) in [4.78, 5) is 17.2. The van der Waals surface area contributed by atoms with Gasteiger partial charge < -0.3 is 19.7 Å². The van der Waals surface area contributed by atoms with Crippen LogP contribution in [-0.2, 0) is 16.1 Å². The molecule has 190 valence electrons. The summed E-state index contributed by atoms with van der Waals surface area (Å²) in [6.07, 6.45) is 2.36. The molecule has 0 aliphatic carbocycles. The molecule has 2 heterocycles. The van der Waals surface area contributed by atoms with E-state index in [1.165, 1.54) is 5.56 Å². The second kappa shape index (κ2) is 12.1. The number of hydrogen-bond acceptors (Lipinski definition) is 5. The Bertz CT molecular complexity index is 958. The van der Waals surface area contributed by atoms with Gasteiger partial charge in [-0.1, -0.05) is 35.9 Å². The van der Waals surface area contributed by atoms with Crippen LogP contribution in [0.5, 0.6) is 5.75 Å². The van der Waals surface area contributed by atoms with Crippen LogP contribution in [0.4, 0.5) is 5.69 Å². The number of anilines is 1. The third-order valence-corrected chi connectivity index (χ3v) is 7.17. The maximum atomic E-state index is 12.4. The van der Waals surface area contributed by atoms with Gasteiger partial charge in [0.1, 0.15) is 5.75 Å². The van der Waals surface area contributed by atoms with Gasteiger partial charge in [0.15, 0.2) is 0 Å².